The number of pyridine rings is 1. The molecule has 0 bridgehead atoms. The molecule has 3 aromatic carbocycles. The molecular weight excluding hydrogens is 474 g/mol. The van der Waals surface area contributed by atoms with Crippen LogP contribution in [0.1, 0.15) is 41.2 Å². The molecule has 0 saturated carbocycles. The maximum absolute atomic E-state index is 13.5. The Labute approximate surface area is 220 Å². The molecular formula is C32H29N3O3. The van der Waals surface area contributed by atoms with Crippen LogP contribution in [-0.4, -0.2) is 19.2 Å². The summed E-state index contributed by atoms with van der Waals surface area (Å²) in [5, 5.41) is 11.7. The number of hydrogen-bond acceptors (Lipinski definition) is 4. The number of aliphatic hydroxyl groups excluding tert-OH is 1. The van der Waals surface area contributed by atoms with Gasteiger partial charge in [-0.25, -0.2) is 9.78 Å². The molecule has 1 atom stereocenters. The minimum atomic E-state index is -0.910. The fraction of sp³-hybridized carbons (Fsp3) is 0.219. The molecule has 0 fully saturated rings. The van der Waals surface area contributed by atoms with Gasteiger partial charge in [0.1, 0.15) is 6.10 Å². The maximum Gasteiger partial charge on any atom is 0.332 e. The Bertz CT molecular complexity index is 1780. The summed E-state index contributed by atoms with van der Waals surface area (Å²) < 4.78 is 2.52. The summed E-state index contributed by atoms with van der Waals surface area (Å²) in [5.74, 6) is 0. The van der Waals surface area contributed by atoms with E-state index in [4.69, 9.17) is 4.98 Å². The summed E-state index contributed by atoms with van der Waals surface area (Å²) in [6.45, 7) is 0. The van der Waals surface area contributed by atoms with Crippen molar-refractivity contribution in [2.45, 2.75) is 31.8 Å². The highest BCUT2D eigenvalue weighted by atomic mass is 16.3. The van der Waals surface area contributed by atoms with E-state index in [0.29, 0.717) is 27.9 Å². The molecule has 6 heteroatoms. The number of aryl methyl sites for hydroxylation is 3. The summed E-state index contributed by atoms with van der Waals surface area (Å²) in [6.07, 6.45) is 3.32. The molecule has 190 valence electrons. The number of fused-ring (bicyclic) bond motifs is 4. The van der Waals surface area contributed by atoms with Crippen molar-refractivity contribution < 1.29 is 5.11 Å². The second-order valence-electron chi connectivity index (χ2n) is 10.0. The Morgan fingerprint density at radius 2 is 1.42 bits per heavy atom. The molecule has 0 saturated heterocycles. The molecule has 0 aliphatic heterocycles. The molecule has 5 aromatic rings. The lowest BCUT2D eigenvalue weighted by Gasteiger charge is -2.17. The molecule has 6 rings (SSSR count). The van der Waals surface area contributed by atoms with Crippen molar-refractivity contribution >= 4 is 11.0 Å². The molecule has 1 aliphatic rings. The zero-order valence-corrected chi connectivity index (χ0v) is 21.5. The third-order valence-corrected chi connectivity index (χ3v) is 7.68. The summed E-state index contributed by atoms with van der Waals surface area (Å²) in [5.41, 5.74) is 6.32. The third kappa shape index (κ3) is 3.89. The van der Waals surface area contributed by atoms with Crippen molar-refractivity contribution in [1.82, 2.24) is 14.1 Å². The van der Waals surface area contributed by atoms with Crippen LogP contribution < -0.4 is 11.2 Å². The van der Waals surface area contributed by atoms with E-state index in [1.165, 1.54) is 22.7 Å². The van der Waals surface area contributed by atoms with Crippen LogP contribution in [0.3, 0.4) is 0 Å². The summed E-state index contributed by atoms with van der Waals surface area (Å²) in [6, 6.07) is 26.3. The van der Waals surface area contributed by atoms with Gasteiger partial charge in [-0.05, 0) is 47.9 Å². The van der Waals surface area contributed by atoms with E-state index in [1.54, 1.807) is 7.05 Å². The lowest BCUT2D eigenvalue weighted by molar-refractivity contribution is 0.225. The third-order valence-electron chi connectivity index (χ3n) is 7.68. The molecule has 2 heterocycles. The van der Waals surface area contributed by atoms with Gasteiger partial charge in [0.05, 0.1) is 11.1 Å². The van der Waals surface area contributed by atoms with Crippen LogP contribution in [0.5, 0.6) is 0 Å². The van der Waals surface area contributed by atoms with Crippen molar-refractivity contribution in [2.75, 3.05) is 0 Å². The van der Waals surface area contributed by atoms with Gasteiger partial charge in [-0.3, -0.25) is 13.9 Å². The average molecular weight is 504 g/mol. The molecule has 2 aromatic heterocycles. The highest BCUT2D eigenvalue weighted by Gasteiger charge is 2.34. The smallest absolute Gasteiger partial charge is 0.332 e. The van der Waals surface area contributed by atoms with E-state index < -0.39 is 17.4 Å². The fourth-order valence-electron chi connectivity index (χ4n) is 5.62. The van der Waals surface area contributed by atoms with Crippen molar-refractivity contribution in [3.8, 4) is 22.4 Å². The van der Waals surface area contributed by atoms with E-state index in [2.05, 4.69) is 36.4 Å². The SMILES string of the molecule is Cn1c(=O)c2c(-c3ccc(CCCCc4ccccc4)cc3)c3c(nc2n(C)c1=O)-c1ccccc1[C@@H]3O. The molecule has 0 radical (unpaired) electrons. The van der Waals surface area contributed by atoms with Gasteiger partial charge in [0.15, 0.2) is 5.65 Å². The van der Waals surface area contributed by atoms with Crippen molar-refractivity contribution in [1.29, 1.82) is 0 Å². The van der Waals surface area contributed by atoms with Gasteiger partial charge < -0.3 is 5.11 Å². The molecule has 0 amide bonds. The van der Waals surface area contributed by atoms with E-state index in [0.717, 1.165) is 46.9 Å². The minimum Gasteiger partial charge on any atom is -0.384 e. The number of rotatable bonds is 6. The Morgan fingerprint density at radius 1 is 0.789 bits per heavy atom. The predicted octanol–water partition coefficient (Wildman–Crippen LogP) is 4.93. The first-order valence-electron chi connectivity index (χ1n) is 13.0. The lowest BCUT2D eigenvalue weighted by Crippen LogP contribution is -2.37. The topological polar surface area (TPSA) is 77.1 Å². The Kier molecular flexibility index (Phi) is 6.04. The van der Waals surface area contributed by atoms with Crippen LogP contribution >= 0.6 is 0 Å². The van der Waals surface area contributed by atoms with Gasteiger partial charge >= 0.3 is 5.69 Å². The molecule has 1 N–H and O–H groups in total. The normalized spacial score (nSPS) is 14.0. The zero-order chi connectivity index (χ0) is 26.4. The Balaban J connectivity index is 1.42. The van der Waals surface area contributed by atoms with E-state index >= 15 is 0 Å². The zero-order valence-electron chi connectivity index (χ0n) is 21.5. The Morgan fingerprint density at radius 3 is 2.13 bits per heavy atom. The number of benzene rings is 3. The van der Waals surface area contributed by atoms with Gasteiger partial charge in [0, 0.05) is 30.8 Å². The lowest BCUT2D eigenvalue weighted by atomic mass is 9.93. The minimum absolute atomic E-state index is 0.320. The van der Waals surface area contributed by atoms with Gasteiger partial charge in [-0.2, -0.15) is 0 Å². The average Bonchev–Trinajstić information content (AvgIpc) is 3.24. The predicted molar refractivity (Wildman–Crippen MR) is 150 cm³/mol. The number of nitrogens with zero attached hydrogens (tertiary/aromatic N) is 3. The van der Waals surface area contributed by atoms with Gasteiger partial charge in [-0.15, -0.1) is 0 Å². The highest BCUT2D eigenvalue weighted by Crippen LogP contribution is 2.48. The van der Waals surface area contributed by atoms with Crippen molar-refractivity contribution in [2.24, 2.45) is 14.1 Å². The molecule has 6 nitrogen and oxygen atoms in total. The summed E-state index contributed by atoms with van der Waals surface area (Å²) >= 11 is 0. The van der Waals surface area contributed by atoms with Crippen molar-refractivity contribution in [3.63, 3.8) is 0 Å². The fourth-order valence-corrected chi connectivity index (χ4v) is 5.62. The van der Waals surface area contributed by atoms with Gasteiger partial charge in [0.2, 0.25) is 0 Å². The number of unbranched alkanes of at least 4 members (excludes halogenated alkanes) is 1. The first-order valence-corrected chi connectivity index (χ1v) is 13.0. The summed E-state index contributed by atoms with van der Waals surface area (Å²) in [4.78, 5) is 31.0. The monoisotopic (exact) mass is 503 g/mol. The highest BCUT2D eigenvalue weighted by molar-refractivity contribution is 5.99. The standard InChI is InChI=1S/C32H29N3O3/c1-34-30-27(31(37)35(2)32(34)38)25(26-28(33-30)23-14-8-9-15-24(23)29(26)36)22-18-16-21(17-19-22)13-7-6-12-20-10-4-3-5-11-20/h3-5,8-11,14-19,29,36H,6-7,12-13H2,1-2H3/t29-/m0/s1. The number of aliphatic hydroxyl groups is 1. The number of hydrogen-bond donors (Lipinski definition) is 1. The molecule has 0 spiro atoms. The molecule has 38 heavy (non-hydrogen) atoms. The maximum atomic E-state index is 13.5. The number of aromatic nitrogens is 3. The van der Waals surface area contributed by atoms with Crippen LogP contribution in [-0.2, 0) is 26.9 Å². The van der Waals surface area contributed by atoms with E-state index in [1.807, 2.05) is 42.5 Å². The van der Waals surface area contributed by atoms with E-state index in [9.17, 15) is 14.7 Å². The first-order chi connectivity index (χ1) is 18.5. The van der Waals surface area contributed by atoms with Crippen LogP contribution in [0.15, 0.2) is 88.5 Å². The second kappa shape index (κ2) is 9.54. The van der Waals surface area contributed by atoms with Crippen molar-refractivity contribution in [3.05, 3.63) is 122 Å². The van der Waals surface area contributed by atoms with Gasteiger partial charge in [-0.1, -0.05) is 78.9 Å². The Hall–Kier alpha value is -4.29. The van der Waals surface area contributed by atoms with Crippen LogP contribution in [0.25, 0.3) is 33.4 Å². The van der Waals surface area contributed by atoms with Crippen LogP contribution in [0.2, 0.25) is 0 Å². The summed E-state index contributed by atoms with van der Waals surface area (Å²) in [7, 11) is 3.11. The van der Waals surface area contributed by atoms with Crippen LogP contribution in [0.4, 0.5) is 0 Å². The van der Waals surface area contributed by atoms with Crippen LogP contribution in [0, 0.1) is 0 Å². The largest absolute Gasteiger partial charge is 0.384 e. The van der Waals surface area contributed by atoms with E-state index in [-0.39, 0.29) is 0 Å². The molecule has 1 aliphatic carbocycles. The first kappa shape index (κ1) is 24.1. The second-order valence-corrected chi connectivity index (χ2v) is 10.0. The van der Waals surface area contributed by atoms with Gasteiger partial charge in [0.25, 0.3) is 5.56 Å². The molecule has 0 unspecified atom stereocenters. The quantitative estimate of drug-likeness (QED) is 0.334.